The van der Waals surface area contributed by atoms with Gasteiger partial charge in [-0.05, 0) is 33.2 Å². The Hall–Kier alpha value is -0.690. The van der Waals surface area contributed by atoms with Gasteiger partial charge in [0.1, 0.15) is 0 Å². The van der Waals surface area contributed by atoms with Gasteiger partial charge in [0, 0.05) is 26.9 Å². The Labute approximate surface area is 116 Å². The lowest BCUT2D eigenvalue weighted by molar-refractivity contribution is -0.124. The number of carbonyl (C=O) groups is 1. The molecule has 0 saturated heterocycles. The van der Waals surface area contributed by atoms with Crippen LogP contribution in [-0.4, -0.2) is 58.6 Å². The summed E-state index contributed by atoms with van der Waals surface area (Å²) in [6.45, 7) is 4.97. The van der Waals surface area contributed by atoms with Crippen molar-refractivity contribution in [1.29, 1.82) is 0 Å². The smallest absolute Gasteiger partial charge is 0.237 e. The highest BCUT2D eigenvalue weighted by molar-refractivity contribution is 5.84. The van der Waals surface area contributed by atoms with E-state index >= 15 is 0 Å². The van der Waals surface area contributed by atoms with Crippen LogP contribution in [0.15, 0.2) is 0 Å². The number of ether oxygens (including phenoxy) is 3. The van der Waals surface area contributed by atoms with Crippen LogP contribution in [0.4, 0.5) is 0 Å². The van der Waals surface area contributed by atoms with Gasteiger partial charge in [-0.3, -0.25) is 4.79 Å². The highest BCUT2D eigenvalue weighted by Gasteiger charge is 2.27. The number of hydrogen-bond donors (Lipinski definition) is 2. The number of methoxy groups -OCH3 is 1. The lowest BCUT2D eigenvalue weighted by atomic mass is 9.95. The first-order chi connectivity index (χ1) is 9.06. The molecule has 0 fully saturated rings. The van der Waals surface area contributed by atoms with Crippen LogP contribution >= 0.6 is 0 Å². The largest absolute Gasteiger partial charge is 0.385 e. The molecule has 0 aliphatic rings. The topological polar surface area (TPSA) is 82.8 Å². The highest BCUT2D eigenvalue weighted by Crippen LogP contribution is 2.10. The summed E-state index contributed by atoms with van der Waals surface area (Å²) < 4.78 is 15.7. The van der Waals surface area contributed by atoms with Gasteiger partial charge in [-0.15, -0.1) is 0 Å². The number of amides is 1. The molecule has 1 atom stereocenters. The molecule has 1 amide bonds. The van der Waals surface area contributed by atoms with Crippen LogP contribution in [0.5, 0.6) is 0 Å². The Kier molecular flexibility index (Phi) is 10.8. The molecule has 0 heterocycles. The predicted molar refractivity (Wildman–Crippen MR) is 74.0 cm³/mol. The van der Waals surface area contributed by atoms with Gasteiger partial charge in [0.25, 0.3) is 0 Å². The summed E-state index contributed by atoms with van der Waals surface area (Å²) in [7, 11) is 3.41. The van der Waals surface area contributed by atoms with Crippen molar-refractivity contribution >= 4 is 5.91 Å². The fourth-order valence-corrected chi connectivity index (χ4v) is 1.53. The van der Waals surface area contributed by atoms with E-state index in [1.807, 2.05) is 0 Å². The molecule has 0 spiro atoms. The third-order valence-corrected chi connectivity index (χ3v) is 3.07. The quantitative estimate of drug-likeness (QED) is 0.473. The minimum atomic E-state index is -0.653. The standard InChI is InChI=1S/C13H28N2O4/c1-13(15-2,12(14)16)6-4-8-18-10-11-19-9-5-7-17-3/h15H,4-11H2,1-3H3,(H2,14,16). The Balaban J connectivity index is 3.38. The van der Waals surface area contributed by atoms with Crippen LogP contribution < -0.4 is 11.1 Å². The third kappa shape index (κ3) is 8.93. The zero-order valence-electron chi connectivity index (χ0n) is 12.4. The lowest BCUT2D eigenvalue weighted by Crippen LogP contribution is -2.51. The Bertz CT molecular complexity index is 239. The van der Waals surface area contributed by atoms with Crippen LogP contribution in [0, 0.1) is 0 Å². The molecular formula is C13H28N2O4. The number of rotatable bonds is 13. The Morgan fingerprint density at radius 2 is 1.68 bits per heavy atom. The van der Waals surface area contributed by atoms with Gasteiger partial charge in [0.2, 0.25) is 5.91 Å². The van der Waals surface area contributed by atoms with E-state index < -0.39 is 5.54 Å². The number of nitrogens with two attached hydrogens (primary N) is 1. The van der Waals surface area contributed by atoms with Crippen LogP contribution in [0.25, 0.3) is 0 Å². The SMILES string of the molecule is CNC(C)(CCCOCCOCCCOC)C(N)=O. The summed E-state index contributed by atoms with van der Waals surface area (Å²) >= 11 is 0. The molecule has 19 heavy (non-hydrogen) atoms. The van der Waals surface area contributed by atoms with Gasteiger partial charge in [-0.25, -0.2) is 0 Å². The fourth-order valence-electron chi connectivity index (χ4n) is 1.53. The van der Waals surface area contributed by atoms with Gasteiger partial charge in [0.15, 0.2) is 0 Å². The molecule has 0 bridgehead atoms. The maximum atomic E-state index is 11.2. The van der Waals surface area contributed by atoms with Crippen LogP contribution in [0.1, 0.15) is 26.2 Å². The number of carbonyl (C=O) groups excluding carboxylic acids is 1. The van der Waals surface area contributed by atoms with E-state index in [0.717, 1.165) is 19.4 Å². The van der Waals surface area contributed by atoms with Crippen molar-refractivity contribution in [2.45, 2.75) is 31.7 Å². The zero-order valence-corrected chi connectivity index (χ0v) is 12.4. The normalized spacial score (nSPS) is 14.3. The fraction of sp³-hybridized carbons (Fsp3) is 0.923. The average molecular weight is 276 g/mol. The maximum Gasteiger partial charge on any atom is 0.237 e. The van der Waals surface area contributed by atoms with Gasteiger partial charge in [-0.1, -0.05) is 0 Å². The van der Waals surface area contributed by atoms with E-state index in [9.17, 15) is 4.79 Å². The van der Waals surface area contributed by atoms with Crippen molar-refractivity contribution in [3.05, 3.63) is 0 Å². The molecule has 0 aliphatic heterocycles. The summed E-state index contributed by atoms with van der Waals surface area (Å²) in [5, 5.41) is 2.94. The molecule has 1 unspecified atom stereocenters. The monoisotopic (exact) mass is 276 g/mol. The van der Waals surface area contributed by atoms with Crippen LogP contribution in [-0.2, 0) is 19.0 Å². The lowest BCUT2D eigenvalue weighted by Gasteiger charge is -2.25. The first-order valence-electron chi connectivity index (χ1n) is 6.70. The zero-order chi connectivity index (χ0) is 14.6. The van der Waals surface area contributed by atoms with Crippen molar-refractivity contribution < 1.29 is 19.0 Å². The number of likely N-dealkylation sites (N-methyl/N-ethyl adjacent to an activating group) is 1. The molecular weight excluding hydrogens is 248 g/mol. The van der Waals surface area contributed by atoms with Gasteiger partial charge < -0.3 is 25.3 Å². The average Bonchev–Trinajstić information content (AvgIpc) is 2.40. The Morgan fingerprint density at radius 3 is 2.16 bits per heavy atom. The highest BCUT2D eigenvalue weighted by atomic mass is 16.5. The first-order valence-corrected chi connectivity index (χ1v) is 6.70. The van der Waals surface area contributed by atoms with E-state index in [1.54, 1.807) is 21.1 Å². The molecule has 6 nitrogen and oxygen atoms in total. The molecule has 0 aromatic carbocycles. The van der Waals surface area contributed by atoms with E-state index in [1.165, 1.54) is 0 Å². The minimum Gasteiger partial charge on any atom is -0.385 e. The minimum absolute atomic E-state index is 0.337. The van der Waals surface area contributed by atoms with Crippen molar-refractivity contribution in [2.24, 2.45) is 5.73 Å². The summed E-state index contributed by atoms with van der Waals surface area (Å²) in [6, 6.07) is 0. The van der Waals surface area contributed by atoms with Gasteiger partial charge >= 0.3 is 0 Å². The van der Waals surface area contributed by atoms with Crippen molar-refractivity contribution in [3.8, 4) is 0 Å². The maximum absolute atomic E-state index is 11.2. The molecule has 0 radical (unpaired) electrons. The van der Waals surface area contributed by atoms with Gasteiger partial charge in [0.05, 0.1) is 18.8 Å². The molecule has 0 aliphatic carbocycles. The van der Waals surface area contributed by atoms with Crippen molar-refractivity contribution in [1.82, 2.24) is 5.32 Å². The molecule has 0 saturated carbocycles. The molecule has 0 aromatic heterocycles. The first kappa shape index (κ1) is 18.3. The second kappa shape index (κ2) is 11.2. The molecule has 0 rings (SSSR count). The molecule has 114 valence electrons. The molecule has 3 N–H and O–H groups in total. The summed E-state index contributed by atoms with van der Waals surface area (Å²) in [5.74, 6) is -0.337. The summed E-state index contributed by atoms with van der Waals surface area (Å²) in [6.07, 6.45) is 2.34. The van der Waals surface area contributed by atoms with Crippen LogP contribution in [0.2, 0.25) is 0 Å². The van der Waals surface area contributed by atoms with Crippen LogP contribution in [0.3, 0.4) is 0 Å². The molecule has 6 heteroatoms. The van der Waals surface area contributed by atoms with E-state index in [0.29, 0.717) is 32.8 Å². The van der Waals surface area contributed by atoms with E-state index in [4.69, 9.17) is 19.9 Å². The van der Waals surface area contributed by atoms with Gasteiger partial charge in [-0.2, -0.15) is 0 Å². The van der Waals surface area contributed by atoms with E-state index in [-0.39, 0.29) is 5.91 Å². The van der Waals surface area contributed by atoms with Crippen molar-refractivity contribution in [2.75, 3.05) is 47.2 Å². The number of primary amides is 1. The predicted octanol–water partition coefficient (Wildman–Crippen LogP) is 0.300. The summed E-state index contributed by atoms with van der Waals surface area (Å²) in [4.78, 5) is 11.2. The second-order valence-electron chi connectivity index (χ2n) is 4.62. The number of hydrogen-bond acceptors (Lipinski definition) is 5. The Morgan fingerprint density at radius 1 is 1.11 bits per heavy atom. The third-order valence-electron chi connectivity index (χ3n) is 3.07. The summed E-state index contributed by atoms with van der Waals surface area (Å²) in [5.41, 5.74) is 4.68. The molecule has 0 aromatic rings. The van der Waals surface area contributed by atoms with E-state index in [2.05, 4.69) is 5.32 Å². The number of nitrogens with one attached hydrogen (secondary N) is 1. The van der Waals surface area contributed by atoms with Crippen molar-refractivity contribution in [3.63, 3.8) is 0 Å². The second-order valence-corrected chi connectivity index (χ2v) is 4.62.